The first-order valence-electron chi connectivity index (χ1n) is 10.3. The molecule has 158 valence electrons. The minimum absolute atomic E-state index is 0.173. The maximum atomic E-state index is 12.6. The van der Waals surface area contributed by atoms with Crippen molar-refractivity contribution in [3.05, 3.63) is 10.1 Å². The number of ether oxygens (including phenoxy) is 2. The van der Waals surface area contributed by atoms with Crippen molar-refractivity contribution >= 4 is 11.9 Å². The van der Waals surface area contributed by atoms with E-state index in [1.165, 1.54) is 0 Å². The van der Waals surface area contributed by atoms with Crippen molar-refractivity contribution in [1.29, 1.82) is 0 Å². The van der Waals surface area contributed by atoms with Crippen LogP contribution >= 0.6 is 0 Å². The molecule has 3 aliphatic heterocycles. The second-order valence-electron chi connectivity index (χ2n) is 8.30. The molecule has 9 nitrogen and oxygen atoms in total. The minimum atomic E-state index is -1.04. The largest absolute Gasteiger partial charge is 0.465 e. The Morgan fingerprint density at radius 3 is 2.39 bits per heavy atom. The van der Waals surface area contributed by atoms with Gasteiger partial charge in [-0.1, -0.05) is 0 Å². The van der Waals surface area contributed by atoms with E-state index in [0.717, 1.165) is 19.3 Å². The van der Waals surface area contributed by atoms with Crippen molar-refractivity contribution in [1.82, 2.24) is 10.2 Å². The number of fused-ring (bicyclic) bond motifs is 2. The number of carbonyl (C=O) groups excluding carboxylic acids is 2. The van der Waals surface area contributed by atoms with E-state index in [2.05, 4.69) is 10.2 Å². The molecule has 0 spiro atoms. The van der Waals surface area contributed by atoms with Gasteiger partial charge in [-0.2, -0.15) is 0 Å². The number of piperidine rings is 2. The summed E-state index contributed by atoms with van der Waals surface area (Å²) in [7, 11) is 0. The number of hydrogen-bond acceptors (Lipinski definition) is 8. The van der Waals surface area contributed by atoms with E-state index in [0.29, 0.717) is 45.0 Å². The van der Waals surface area contributed by atoms with E-state index in [4.69, 9.17) is 9.47 Å². The maximum Gasteiger partial charge on any atom is 0.326 e. The van der Waals surface area contributed by atoms with Gasteiger partial charge in [-0.3, -0.25) is 25.0 Å². The lowest BCUT2D eigenvalue weighted by Gasteiger charge is -2.46. The molecule has 3 aliphatic rings. The van der Waals surface area contributed by atoms with E-state index < -0.39 is 21.8 Å². The van der Waals surface area contributed by atoms with Crippen molar-refractivity contribution in [3.8, 4) is 0 Å². The standard InChI is InChI=1S/C19H31N3O6/c1-3-27-16(23)18(13-22(25)26)7-9-21(10-8-18)15-11-14-5-6-19(12-15,20-14)17(24)28-4-2/h14-15,20H,3-13H2,1-2H3. The molecule has 0 aromatic heterocycles. The Bertz CT molecular complexity index is 619. The van der Waals surface area contributed by atoms with Crippen LogP contribution in [0.2, 0.25) is 0 Å². The van der Waals surface area contributed by atoms with Gasteiger partial charge in [-0.25, -0.2) is 0 Å². The summed E-state index contributed by atoms with van der Waals surface area (Å²) >= 11 is 0. The van der Waals surface area contributed by atoms with Crippen LogP contribution < -0.4 is 5.32 Å². The zero-order valence-electron chi connectivity index (χ0n) is 16.8. The SMILES string of the molecule is CCOC(=O)C1(C[N+](=O)[O-])CCN(C2CC3CCC(C(=O)OCC)(C2)N3)CC1. The fourth-order valence-corrected chi connectivity index (χ4v) is 5.17. The van der Waals surface area contributed by atoms with Gasteiger partial charge in [-0.05, 0) is 65.5 Å². The number of nitrogens with zero attached hydrogens (tertiary/aromatic N) is 2. The molecule has 3 fully saturated rings. The van der Waals surface area contributed by atoms with Gasteiger partial charge in [0.15, 0.2) is 0 Å². The Balaban J connectivity index is 1.67. The van der Waals surface area contributed by atoms with Crippen LogP contribution in [0.3, 0.4) is 0 Å². The molecular formula is C19H31N3O6. The highest BCUT2D eigenvalue weighted by molar-refractivity contribution is 5.82. The zero-order chi connectivity index (χ0) is 20.4. The molecule has 0 amide bonds. The van der Waals surface area contributed by atoms with Crippen LogP contribution in [0.5, 0.6) is 0 Å². The Kier molecular flexibility index (Phi) is 6.24. The second-order valence-corrected chi connectivity index (χ2v) is 8.30. The summed E-state index contributed by atoms with van der Waals surface area (Å²) in [5, 5.41) is 14.6. The van der Waals surface area contributed by atoms with Gasteiger partial charge >= 0.3 is 11.9 Å². The highest BCUT2D eigenvalue weighted by atomic mass is 16.6. The summed E-state index contributed by atoms with van der Waals surface area (Å²) in [6.07, 6.45) is 4.20. The van der Waals surface area contributed by atoms with E-state index in [1.54, 1.807) is 6.92 Å². The quantitative estimate of drug-likeness (QED) is 0.387. The van der Waals surface area contributed by atoms with E-state index >= 15 is 0 Å². The van der Waals surface area contributed by atoms with Gasteiger partial charge in [0, 0.05) is 17.0 Å². The van der Waals surface area contributed by atoms with Gasteiger partial charge in [-0.15, -0.1) is 0 Å². The predicted molar refractivity (Wildman–Crippen MR) is 100 cm³/mol. The summed E-state index contributed by atoms with van der Waals surface area (Å²) in [5.41, 5.74) is -1.65. The molecule has 2 bridgehead atoms. The summed E-state index contributed by atoms with van der Waals surface area (Å²) in [4.78, 5) is 38.0. The summed E-state index contributed by atoms with van der Waals surface area (Å²) < 4.78 is 10.5. The molecule has 3 unspecified atom stereocenters. The lowest BCUT2D eigenvalue weighted by molar-refractivity contribution is -0.496. The lowest BCUT2D eigenvalue weighted by Crippen LogP contribution is -2.61. The average Bonchev–Trinajstić information content (AvgIpc) is 2.97. The number of nitro groups is 1. The van der Waals surface area contributed by atoms with Gasteiger partial charge < -0.3 is 14.4 Å². The molecule has 3 atom stereocenters. The van der Waals surface area contributed by atoms with Crippen molar-refractivity contribution in [2.24, 2.45) is 5.41 Å². The van der Waals surface area contributed by atoms with Crippen LogP contribution in [0.15, 0.2) is 0 Å². The van der Waals surface area contributed by atoms with Gasteiger partial charge in [0.2, 0.25) is 6.54 Å². The number of rotatable bonds is 7. The fourth-order valence-electron chi connectivity index (χ4n) is 5.17. The third-order valence-corrected chi connectivity index (χ3v) is 6.62. The molecule has 0 saturated carbocycles. The van der Waals surface area contributed by atoms with E-state index in [1.807, 2.05) is 6.92 Å². The Morgan fingerprint density at radius 2 is 1.79 bits per heavy atom. The zero-order valence-corrected chi connectivity index (χ0v) is 16.8. The number of nitrogens with one attached hydrogen (secondary N) is 1. The Hall–Kier alpha value is -1.74. The molecule has 3 saturated heterocycles. The molecule has 1 N–H and O–H groups in total. The highest BCUT2D eigenvalue weighted by Gasteiger charge is 2.54. The van der Waals surface area contributed by atoms with Crippen molar-refractivity contribution in [2.75, 3.05) is 32.8 Å². The summed E-state index contributed by atoms with van der Waals surface area (Å²) in [6, 6.07) is 0.507. The molecule has 3 rings (SSSR count). The summed E-state index contributed by atoms with van der Waals surface area (Å²) in [6.45, 7) is 4.93. The van der Waals surface area contributed by atoms with Crippen molar-refractivity contribution in [3.63, 3.8) is 0 Å². The third-order valence-electron chi connectivity index (χ3n) is 6.62. The summed E-state index contributed by atoms with van der Waals surface area (Å²) in [5.74, 6) is -0.631. The molecule has 0 aromatic carbocycles. The predicted octanol–water partition coefficient (Wildman–Crippen LogP) is 1.12. The smallest absolute Gasteiger partial charge is 0.326 e. The van der Waals surface area contributed by atoms with E-state index in [9.17, 15) is 19.7 Å². The Labute approximate surface area is 165 Å². The Morgan fingerprint density at radius 1 is 1.14 bits per heavy atom. The molecule has 0 aliphatic carbocycles. The number of likely N-dealkylation sites (tertiary alicyclic amines) is 1. The van der Waals surface area contributed by atoms with Gasteiger partial charge in [0.25, 0.3) is 0 Å². The molecule has 0 aromatic rings. The van der Waals surface area contributed by atoms with Crippen molar-refractivity contribution < 1.29 is 24.0 Å². The van der Waals surface area contributed by atoms with Crippen LogP contribution in [-0.2, 0) is 19.1 Å². The van der Waals surface area contributed by atoms with Crippen LogP contribution in [0.4, 0.5) is 0 Å². The van der Waals surface area contributed by atoms with Crippen LogP contribution in [0.1, 0.15) is 52.4 Å². The van der Waals surface area contributed by atoms with Crippen molar-refractivity contribution in [2.45, 2.75) is 70.0 Å². The van der Waals surface area contributed by atoms with Gasteiger partial charge in [0.1, 0.15) is 11.0 Å². The van der Waals surface area contributed by atoms with Crippen LogP contribution in [0.25, 0.3) is 0 Å². The normalized spacial score (nSPS) is 31.9. The van der Waals surface area contributed by atoms with Crippen LogP contribution in [-0.4, -0.2) is 72.2 Å². The number of carbonyl (C=O) groups is 2. The monoisotopic (exact) mass is 397 g/mol. The molecule has 9 heteroatoms. The molecule has 3 heterocycles. The van der Waals surface area contributed by atoms with E-state index in [-0.39, 0.29) is 25.2 Å². The third kappa shape index (κ3) is 4.00. The fraction of sp³-hybridized carbons (Fsp3) is 0.895. The first-order chi connectivity index (χ1) is 13.3. The highest BCUT2D eigenvalue weighted by Crippen LogP contribution is 2.41. The number of esters is 2. The first-order valence-corrected chi connectivity index (χ1v) is 10.3. The molecule has 0 radical (unpaired) electrons. The second kappa shape index (κ2) is 8.32. The lowest BCUT2D eigenvalue weighted by atomic mass is 9.77. The first kappa shape index (κ1) is 21.0. The maximum absolute atomic E-state index is 12.6. The van der Waals surface area contributed by atoms with Gasteiger partial charge in [0.05, 0.1) is 13.2 Å². The van der Waals surface area contributed by atoms with Crippen LogP contribution in [0, 0.1) is 15.5 Å². The minimum Gasteiger partial charge on any atom is -0.465 e. The molecular weight excluding hydrogens is 366 g/mol. The number of hydrogen-bond donors (Lipinski definition) is 1. The molecule has 28 heavy (non-hydrogen) atoms. The average molecular weight is 397 g/mol. The topological polar surface area (TPSA) is 111 Å².